The van der Waals surface area contributed by atoms with Crippen LogP contribution in [0.4, 0.5) is 4.79 Å². The first-order valence-electron chi connectivity index (χ1n) is 6.97. The molecule has 8 nitrogen and oxygen atoms in total. The van der Waals surface area contributed by atoms with Gasteiger partial charge in [0.25, 0.3) is 5.82 Å². The molecule has 0 bridgehead atoms. The molecule has 0 saturated carbocycles. The number of nitrogens with one attached hydrogen (secondary N) is 1. The lowest BCUT2D eigenvalue weighted by atomic mass is 10.2. The first-order valence-corrected chi connectivity index (χ1v) is 7.50. The van der Waals surface area contributed by atoms with Crippen LogP contribution in [0.15, 0.2) is 0 Å². The number of aromatic nitrogens is 3. The largest absolute Gasteiger partial charge is 0.444 e. The molecular weight excluding hydrogens is 312 g/mol. The third-order valence-electron chi connectivity index (χ3n) is 3.07. The molecule has 1 unspecified atom stereocenters. The van der Waals surface area contributed by atoms with Crippen molar-refractivity contribution in [1.29, 1.82) is 0 Å². The number of carbonyl (C=O) groups is 2. The molecule has 0 aromatic carbocycles. The fraction of sp³-hybridized carbons (Fsp3) is 0.692. The Balaban J connectivity index is 2.10. The number of nitrogens with zero attached hydrogens (tertiary/aromatic N) is 3. The first-order chi connectivity index (χ1) is 10.3. The van der Waals surface area contributed by atoms with Crippen LogP contribution in [0.1, 0.15) is 56.1 Å². The maximum Gasteiger partial charge on any atom is 0.410 e. The van der Waals surface area contributed by atoms with E-state index in [1.807, 2.05) is 20.8 Å². The van der Waals surface area contributed by atoms with E-state index in [1.165, 1.54) is 0 Å². The Kier molecular flexibility index (Phi) is 4.90. The van der Waals surface area contributed by atoms with Gasteiger partial charge in [-0.3, -0.25) is 10.00 Å². The van der Waals surface area contributed by atoms with Crippen LogP contribution in [-0.4, -0.2) is 50.4 Å². The lowest BCUT2D eigenvalue weighted by Gasteiger charge is -2.27. The molecule has 1 aromatic rings. The molecule has 1 aliphatic rings. The van der Waals surface area contributed by atoms with Crippen LogP contribution in [-0.2, 0) is 9.47 Å². The highest BCUT2D eigenvalue weighted by Crippen LogP contribution is 2.31. The summed E-state index contributed by atoms with van der Waals surface area (Å²) in [7, 11) is 0. The summed E-state index contributed by atoms with van der Waals surface area (Å²) >= 11 is 5.33. The topological polar surface area (TPSA) is 97.4 Å². The number of halogens is 1. The van der Waals surface area contributed by atoms with Gasteiger partial charge < -0.3 is 9.47 Å². The van der Waals surface area contributed by atoms with Crippen LogP contribution < -0.4 is 0 Å². The summed E-state index contributed by atoms with van der Waals surface area (Å²) in [6, 6.07) is -0.559. The molecule has 2 rings (SSSR count). The lowest BCUT2D eigenvalue weighted by molar-refractivity contribution is 0.0218. The second-order valence-electron chi connectivity index (χ2n) is 5.92. The minimum atomic E-state index is -0.709. The monoisotopic (exact) mass is 330 g/mol. The quantitative estimate of drug-likeness (QED) is 0.674. The van der Waals surface area contributed by atoms with Crippen LogP contribution in [0.2, 0.25) is 0 Å². The Labute approximate surface area is 133 Å². The van der Waals surface area contributed by atoms with Gasteiger partial charge in [0.1, 0.15) is 11.4 Å². The number of hydrogen-bond acceptors (Lipinski definition) is 6. The van der Waals surface area contributed by atoms with Gasteiger partial charge in [-0.25, -0.2) is 14.6 Å². The predicted molar refractivity (Wildman–Crippen MR) is 77.4 cm³/mol. The molecule has 1 amide bonds. The van der Waals surface area contributed by atoms with E-state index in [1.54, 1.807) is 4.90 Å². The molecule has 1 saturated heterocycles. The normalized spacial score (nSPS) is 18.4. The number of carbonyl (C=O) groups excluding carboxylic acids is 2. The number of rotatable bonds is 3. The van der Waals surface area contributed by atoms with Crippen molar-refractivity contribution >= 4 is 23.7 Å². The fourth-order valence-electron chi connectivity index (χ4n) is 2.22. The van der Waals surface area contributed by atoms with Crippen molar-refractivity contribution in [3.05, 3.63) is 11.6 Å². The van der Waals surface area contributed by atoms with Gasteiger partial charge in [-0.05, 0) is 33.6 Å². The number of esters is 1. The lowest BCUT2D eigenvalue weighted by Crippen LogP contribution is -2.36. The Morgan fingerprint density at radius 3 is 2.82 bits per heavy atom. The molecule has 1 aromatic heterocycles. The van der Waals surface area contributed by atoms with Crippen molar-refractivity contribution in [3.63, 3.8) is 0 Å². The molecule has 22 heavy (non-hydrogen) atoms. The molecule has 0 radical (unpaired) electrons. The average Bonchev–Trinajstić information content (AvgIpc) is 3.06. The third-order valence-corrected chi connectivity index (χ3v) is 3.18. The minimum Gasteiger partial charge on any atom is -0.444 e. The van der Waals surface area contributed by atoms with E-state index in [0.717, 1.165) is 12.8 Å². The van der Waals surface area contributed by atoms with Crippen LogP contribution in [0.25, 0.3) is 0 Å². The van der Waals surface area contributed by atoms with Gasteiger partial charge in [0.15, 0.2) is 6.07 Å². The van der Waals surface area contributed by atoms with Crippen molar-refractivity contribution in [2.45, 2.75) is 45.3 Å². The summed E-state index contributed by atoms with van der Waals surface area (Å²) < 4.78 is 10.0. The molecular formula is C13H19ClN4O4. The van der Waals surface area contributed by atoms with E-state index in [2.05, 4.69) is 19.9 Å². The Morgan fingerprint density at radius 2 is 2.18 bits per heavy atom. The number of amides is 1. The van der Waals surface area contributed by atoms with Gasteiger partial charge in [0, 0.05) is 6.54 Å². The number of ether oxygens (including phenoxy) is 2. The second-order valence-corrected chi connectivity index (χ2v) is 6.14. The maximum atomic E-state index is 12.2. The molecule has 122 valence electrons. The second kappa shape index (κ2) is 6.51. The van der Waals surface area contributed by atoms with Crippen molar-refractivity contribution in [1.82, 2.24) is 20.1 Å². The number of alkyl halides is 1. The van der Waals surface area contributed by atoms with Crippen LogP contribution in [0.3, 0.4) is 0 Å². The van der Waals surface area contributed by atoms with E-state index in [0.29, 0.717) is 12.4 Å². The number of H-pyrrole nitrogens is 1. The summed E-state index contributed by atoms with van der Waals surface area (Å²) in [5.41, 5.74) is -0.569. The predicted octanol–water partition coefficient (Wildman–Crippen LogP) is 2.23. The molecule has 1 aliphatic heterocycles. The number of hydrogen-bond donors (Lipinski definition) is 1. The summed E-state index contributed by atoms with van der Waals surface area (Å²) in [6.45, 7) is 6.00. The molecule has 1 atom stereocenters. The zero-order valence-electron chi connectivity index (χ0n) is 12.8. The van der Waals surface area contributed by atoms with Gasteiger partial charge in [-0.1, -0.05) is 11.6 Å². The highest BCUT2D eigenvalue weighted by molar-refractivity contribution is 6.17. The van der Waals surface area contributed by atoms with Crippen LogP contribution in [0.5, 0.6) is 0 Å². The summed E-state index contributed by atoms with van der Waals surface area (Å²) in [6.07, 6.45) is 1.14. The zero-order chi connectivity index (χ0) is 16.3. The van der Waals surface area contributed by atoms with E-state index < -0.39 is 17.7 Å². The van der Waals surface area contributed by atoms with Gasteiger partial charge in [-0.15, -0.1) is 5.10 Å². The summed E-state index contributed by atoms with van der Waals surface area (Å²) in [5, 5.41) is 6.48. The van der Waals surface area contributed by atoms with E-state index >= 15 is 0 Å². The molecule has 1 fully saturated rings. The summed E-state index contributed by atoms with van der Waals surface area (Å²) in [4.78, 5) is 29.4. The van der Waals surface area contributed by atoms with E-state index in [4.69, 9.17) is 16.3 Å². The highest BCUT2D eigenvalue weighted by atomic mass is 35.5. The molecule has 0 aliphatic carbocycles. The van der Waals surface area contributed by atoms with Crippen molar-refractivity contribution in [2.24, 2.45) is 0 Å². The number of aromatic amines is 1. The van der Waals surface area contributed by atoms with Crippen LogP contribution in [0, 0.1) is 0 Å². The van der Waals surface area contributed by atoms with Crippen molar-refractivity contribution < 1.29 is 19.1 Å². The van der Waals surface area contributed by atoms with E-state index in [9.17, 15) is 9.59 Å². The fourth-order valence-corrected chi connectivity index (χ4v) is 2.32. The molecule has 0 spiro atoms. The van der Waals surface area contributed by atoms with Crippen LogP contribution >= 0.6 is 11.6 Å². The Morgan fingerprint density at radius 1 is 1.45 bits per heavy atom. The molecule has 1 N–H and O–H groups in total. The standard InChI is InChI=1S/C13H19ClN4O4/c1-13(2,3)22-12(20)18-6-4-5-8(18)9-15-10(17-16-9)11(19)21-7-14/h8H,4-7H2,1-3H3,(H,15,16,17). The molecule has 2 heterocycles. The first kappa shape index (κ1) is 16.5. The van der Waals surface area contributed by atoms with E-state index in [-0.39, 0.29) is 17.9 Å². The van der Waals surface area contributed by atoms with Crippen molar-refractivity contribution in [3.8, 4) is 0 Å². The maximum absolute atomic E-state index is 12.2. The molecule has 9 heteroatoms. The van der Waals surface area contributed by atoms with Gasteiger partial charge in [-0.2, -0.15) is 0 Å². The minimum absolute atomic E-state index is 0.105. The zero-order valence-corrected chi connectivity index (χ0v) is 13.5. The average molecular weight is 331 g/mol. The summed E-state index contributed by atoms with van der Waals surface area (Å²) in [5.74, 6) is -0.379. The highest BCUT2D eigenvalue weighted by Gasteiger charge is 2.35. The van der Waals surface area contributed by atoms with Crippen molar-refractivity contribution in [2.75, 3.05) is 12.6 Å². The Bertz CT molecular complexity index is 554. The third kappa shape index (κ3) is 3.88. The SMILES string of the molecule is CC(C)(C)OC(=O)N1CCCC1c1nc(C(=O)OCCl)n[nH]1. The Hall–Kier alpha value is -1.83. The smallest absolute Gasteiger partial charge is 0.410 e. The van der Waals surface area contributed by atoms with Gasteiger partial charge >= 0.3 is 12.1 Å². The number of likely N-dealkylation sites (tertiary alicyclic amines) is 1. The van der Waals surface area contributed by atoms with Gasteiger partial charge in [0.2, 0.25) is 0 Å². The van der Waals surface area contributed by atoms with Gasteiger partial charge in [0.05, 0.1) is 6.04 Å².